The third-order valence-corrected chi connectivity index (χ3v) is 2.65. The highest BCUT2D eigenvalue weighted by Gasteiger charge is 2.21. The fourth-order valence-electron chi connectivity index (χ4n) is 1.45. The zero-order chi connectivity index (χ0) is 12.1. The summed E-state index contributed by atoms with van der Waals surface area (Å²) in [6.45, 7) is 0.856. The number of aliphatic hydroxyl groups excluding tert-OH is 1. The van der Waals surface area contributed by atoms with Crippen molar-refractivity contribution in [2.24, 2.45) is 5.92 Å². The molecule has 1 saturated carbocycles. The normalized spacial score (nSPS) is 16.8. The smallest absolute Gasteiger partial charge is 0.246 e. The number of furan rings is 1. The zero-order valence-electron chi connectivity index (χ0n) is 9.59. The third-order valence-electron chi connectivity index (χ3n) is 2.65. The lowest BCUT2D eigenvalue weighted by Gasteiger charge is -2.09. The second kappa shape index (κ2) is 5.84. The Bertz CT molecular complexity index is 345. The highest BCUT2D eigenvalue weighted by Crippen LogP contribution is 2.28. The van der Waals surface area contributed by atoms with Crippen molar-refractivity contribution >= 4 is 5.91 Å². The van der Waals surface area contributed by atoms with Crippen LogP contribution < -0.4 is 5.32 Å². The average Bonchev–Trinajstić information content (AvgIpc) is 2.97. The Morgan fingerprint density at radius 3 is 3.12 bits per heavy atom. The molecular formula is C12H17NO4. The van der Waals surface area contributed by atoms with Crippen LogP contribution in [0.25, 0.3) is 0 Å². The molecule has 17 heavy (non-hydrogen) atoms. The lowest BCUT2D eigenvalue weighted by molar-refractivity contribution is -0.126. The zero-order valence-corrected chi connectivity index (χ0v) is 9.59. The van der Waals surface area contributed by atoms with E-state index in [4.69, 9.17) is 9.15 Å². The molecule has 0 aliphatic heterocycles. The number of hydrogen-bond donors (Lipinski definition) is 2. The van der Waals surface area contributed by atoms with Crippen LogP contribution in [-0.4, -0.2) is 30.8 Å². The van der Waals surface area contributed by atoms with E-state index in [9.17, 15) is 9.90 Å². The van der Waals surface area contributed by atoms with E-state index >= 15 is 0 Å². The molecule has 2 N–H and O–H groups in total. The molecule has 1 heterocycles. The molecule has 5 heteroatoms. The van der Waals surface area contributed by atoms with Crippen molar-refractivity contribution in [2.45, 2.75) is 18.9 Å². The predicted molar refractivity (Wildman–Crippen MR) is 60.2 cm³/mol. The van der Waals surface area contributed by atoms with E-state index in [1.54, 1.807) is 12.1 Å². The molecule has 1 fully saturated rings. The number of hydrogen-bond acceptors (Lipinski definition) is 4. The van der Waals surface area contributed by atoms with Gasteiger partial charge in [0.15, 0.2) is 0 Å². The van der Waals surface area contributed by atoms with E-state index in [-0.39, 0.29) is 19.1 Å². The molecule has 0 aromatic carbocycles. The number of aliphatic hydroxyl groups is 1. The number of nitrogens with one attached hydrogen (secondary N) is 1. The standard InChI is InChI=1S/C12H17NO4/c14-10(11-2-1-5-17-11)6-13-12(15)8-16-7-9-3-4-9/h1-2,5,9-10,14H,3-4,6-8H2,(H,13,15). The summed E-state index contributed by atoms with van der Waals surface area (Å²) in [7, 11) is 0. The van der Waals surface area contributed by atoms with Gasteiger partial charge in [-0.2, -0.15) is 0 Å². The second-order valence-corrected chi connectivity index (χ2v) is 4.29. The van der Waals surface area contributed by atoms with E-state index in [2.05, 4.69) is 5.32 Å². The summed E-state index contributed by atoms with van der Waals surface area (Å²) in [5, 5.41) is 12.2. The van der Waals surface area contributed by atoms with Gasteiger partial charge in [-0.3, -0.25) is 4.79 Å². The molecule has 1 aliphatic rings. The van der Waals surface area contributed by atoms with Gasteiger partial charge < -0.3 is 19.6 Å². The van der Waals surface area contributed by atoms with Gasteiger partial charge in [0.05, 0.1) is 19.4 Å². The van der Waals surface area contributed by atoms with Gasteiger partial charge in [0.1, 0.15) is 18.5 Å². The summed E-state index contributed by atoms with van der Waals surface area (Å²) in [5.41, 5.74) is 0. The maximum Gasteiger partial charge on any atom is 0.246 e. The number of ether oxygens (including phenoxy) is 1. The van der Waals surface area contributed by atoms with Crippen LogP contribution in [0.4, 0.5) is 0 Å². The van der Waals surface area contributed by atoms with Crippen LogP contribution in [0.15, 0.2) is 22.8 Å². The third kappa shape index (κ3) is 4.20. The lowest BCUT2D eigenvalue weighted by Crippen LogP contribution is -2.31. The molecule has 1 aromatic rings. The molecule has 0 radical (unpaired) electrons. The quantitative estimate of drug-likeness (QED) is 0.740. The first-order chi connectivity index (χ1) is 8.25. The van der Waals surface area contributed by atoms with Crippen molar-refractivity contribution in [3.05, 3.63) is 24.2 Å². The molecule has 2 rings (SSSR count). The summed E-state index contributed by atoms with van der Waals surface area (Å²) < 4.78 is 10.2. The van der Waals surface area contributed by atoms with Crippen LogP contribution in [0, 0.1) is 5.92 Å². The van der Waals surface area contributed by atoms with E-state index in [1.165, 1.54) is 19.1 Å². The summed E-state index contributed by atoms with van der Waals surface area (Å²) in [5.74, 6) is 0.886. The predicted octanol–water partition coefficient (Wildman–Crippen LogP) is 0.856. The first-order valence-electron chi connectivity index (χ1n) is 5.81. The Labute approximate surface area is 99.8 Å². The summed E-state index contributed by atoms with van der Waals surface area (Å²) in [4.78, 5) is 11.3. The van der Waals surface area contributed by atoms with Crippen LogP contribution in [0.3, 0.4) is 0 Å². The largest absolute Gasteiger partial charge is 0.467 e. The van der Waals surface area contributed by atoms with Crippen LogP contribution in [0.5, 0.6) is 0 Å². The number of carbonyl (C=O) groups excluding carboxylic acids is 1. The van der Waals surface area contributed by atoms with E-state index in [0.29, 0.717) is 18.3 Å². The minimum atomic E-state index is -0.808. The van der Waals surface area contributed by atoms with Crippen molar-refractivity contribution in [3.63, 3.8) is 0 Å². The van der Waals surface area contributed by atoms with Crippen LogP contribution >= 0.6 is 0 Å². The summed E-state index contributed by atoms with van der Waals surface area (Å²) in [6, 6.07) is 3.36. The molecule has 1 unspecified atom stereocenters. The topological polar surface area (TPSA) is 71.7 Å². The highest BCUT2D eigenvalue weighted by molar-refractivity contribution is 5.77. The Morgan fingerprint density at radius 2 is 2.47 bits per heavy atom. The molecule has 0 bridgehead atoms. The average molecular weight is 239 g/mol. The molecular weight excluding hydrogens is 222 g/mol. The monoisotopic (exact) mass is 239 g/mol. The molecule has 1 aromatic heterocycles. The molecule has 1 atom stereocenters. The first kappa shape index (κ1) is 12.1. The van der Waals surface area contributed by atoms with Gasteiger partial charge >= 0.3 is 0 Å². The van der Waals surface area contributed by atoms with Crippen molar-refractivity contribution in [2.75, 3.05) is 19.8 Å². The Morgan fingerprint density at radius 1 is 1.65 bits per heavy atom. The van der Waals surface area contributed by atoms with Crippen LogP contribution in [0.1, 0.15) is 24.7 Å². The van der Waals surface area contributed by atoms with Crippen molar-refractivity contribution in [1.82, 2.24) is 5.32 Å². The van der Waals surface area contributed by atoms with Crippen molar-refractivity contribution in [1.29, 1.82) is 0 Å². The van der Waals surface area contributed by atoms with E-state index < -0.39 is 6.10 Å². The van der Waals surface area contributed by atoms with Gasteiger partial charge in [0.25, 0.3) is 0 Å². The number of carbonyl (C=O) groups is 1. The Kier molecular flexibility index (Phi) is 4.17. The SMILES string of the molecule is O=C(COCC1CC1)NCC(O)c1ccco1. The van der Waals surface area contributed by atoms with E-state index in [0.717, 1.165) is 0 Å². The highest BCUT2D eigenvalue weighted by atomic mass is 16.5. The summed E-state index contributed by atoms with van der Waals surface area (Å²) in [6.07, 6.45) is 3.09. The van der Waals surface area contributed by atoms with Crippen LogP contribution in [0.2, 0.25) is 0 Å². The van der Waals surface area contributed by atoms with Gasteiger partial charge in [-0.25, -0.2) is 0 Å². The Hall–Kier alpha value is -1.33. The fourth-order valence-corrected chi connectivity index (χ4v) is 1.45. The van der Waals surface area contributed by atoms with Crippen LogP contribution in [-0.2, 0) is 9.53 Å². The number of rotatable bonds is 7. The molecule has 0 spiro atoms. The number of amides is 1. The van der Waals surface area contributed by atoms with Gasteiger partial charge in [-0.05, 0) is 30.9 Å². The molecule has 1 aliphatic carbocycles. The second-order valence-electron chi connectivity index (χ2n) is 4.29. The molecule has 0 saturated heterocycles. The molecule has 94 valence electrons. The minimum Gasteiger partial charge on any atom is -0.467 e. The molecule has 5 nitrogen and oxygen atoms in total. The van der Waals surface area contributed by atoms with E-state index in [1.807, 2.05) is 0 Å². The van der Waals surface area contributed by atoms with Gasteiger partial charge in [-0.1, -0.05) is 0 Å². The fraction of sp³-hybridized carbons (Fsp3) is 0.583. The maximum absolute atomic E-state index is 11.3. The van der Waals surface area contributed by atoms with Crippen molar-refractivity contribution in [3.8, 4) is 0 Å². The minimum absolute atomic E-state index is 0.0569. The first-order valence-corrected chi connectivity index (χ1v) is 5.81. The van der Waals surface area contributed by atoms with Gasteiger partial charge in [-0.15, -0.1) is 0 Å². The van der Waals surface area contributed by atoms with Gasteiger partial charge in [0.2, 0.25) is 5.91 Å². The molecule has 1 amide bonds. The lowest BCUT2D eigenvalue weighted by atomic mass is 10.3. The van der Waals surface area contributed by atoms with Crippen molar-refractivity contribution < 1.29 is 19.1 Å². The Balaban J connectivity index is 1.58. The summed E-state index contributed by atoms with van der Waals surface area (Å²) >= 11 is 0. The van der Waals surface area contributed by atoms with Gasteiger partial charge in [0, 0.05) is 0 Å². The maximum atomic E-state index is 11.3.